The Labute approximate surface area is 39.6 Å². The molecule has 0 rings (SSSR count). The van der Waals surface area contributed by atoms with Crippen molar-refractivity contribution in [2.24, 2.45) is 0 Å². The molecule has 0 bridgehead atoms. The summed E-state index contributed by atoms with van der Waals surface area (Å²) in [4.78, 5) is 12.8. The van der Waals surface area contributed by atoms with Crippen LogP contribution >= 0.6 is 0 Å². The van der Waals surface area contributed by atoms with Crippen molar-refractivity contribution in [2.75, 3.05) is 0 Å². The molecule has 4 heteroatoms. The average molecular weight is 104 g/mol. The summed E-state index contributed by atoms with van der Waals surface area (Å²) < 4.78 is 0. The van der Waals surface area contributed by atoms with Crippen molar-refractivity contribution >= 4 is 5.97 Å². The fraction of sp³-hybridized carbons (Fsp3) is 0. The molecule has 40 valence electrons. The van der Waals surface area contributed by atoms with Crippen LogP contribution in [0.15, 0.2) is 12.3 Å². The number of carbonyl (C=O) groups is 1. The zero-order valence-corrected chi connectivity index (χ0v) is 3.42. The second kappa shape index (κ2) is 2.20. The second-order valence-corrected chi connectivity index (χ2v) is 0.820. The molecule has 0 aromatic heterocycles. The Balaban J connectivity index is 3.58. The van der Waals surface area contributed by atoms with E-state index in [1.807, 2.05) is 0 Å². The summed E-state index contributed by atoms with van der Waals surface area (Å²) in [5, 5.41) is 15.3. The van der Waals surface area contributed by atoms with Gasteiger partial charge in [0.2, 0.25) is 5.76 Å². The molecule has 0 saturated heterocycles. The molecule has 0 atom stereocenters. The molecule has 2 N–H and O–H groups in total. The molecule has 0 aromatic carbocycles. The molecular formula is C3H4O4. The van der Waals surface area contributed by atoms with Crippen molar-refractivity contribution in [2.45, 2.75) is 0 Å². The van der Waals surface area contributed by atoms with Gasteiger partial charge in [0.15, 0.2) is 0 Å². The fourth-order valence-electron chi connectivity index (χ4n) is 0.0390. The molecule has 0 amide bonds. The van der Waals surface area contributed by atoms with Gasteiger partial charge in [-0.05, 0) is 6.58 Å². The van der Waals surface area contributed by atoms with Gasteiger partial charge in [-0.15, -0.1) is 0 Å². The largest absolute Gasteiger partial charge is 0.475 e. The van der Waals surface area contributed by atoms with E-state index in [9.17, 15) is 4.79 Å². The first-order valence-corrected chi connectivity index (χ1v) is 1.42. The molecule has 7 heavy (non-hydrogen) atoms. The molecule has 0 aliphatic rings. The van der Waals surface area contributed by atoms with Gasteiger partial charge in [-0.25, -0.2) is 10.1 Å². The van der Waals surface area contributed by atoms with E-state index >= 15 is 0 Å². The summed E-state index contributed by atoms with van der Waals surface area (Å²) in [6.45, 7) is 2.80. The number of rotatable bonds is 2. The number of carboxylic acid groups (broad SMARTS) is 1. The standard InChI is InChI=1S/C3H4O4/c1-2(7-6)3(4)5/h6H,1H2,(H,4,5). The van der Waals surface area contributed by atoms with Crippen LogP contribution < -0.4 is 0 Å². The Morgan fingerprint density at radius 3 is 2.14 bits per heavy atom. The normalized spacial score (nSPS) is 7.57. The summed E-state index contributed by atoms with van der Waals surface area (Å²) in [6.07, 6.45) is 0. The second-order valence-electron chi connectivity index (χ2n) is 0.820. The highest BCUT2D eigenvalue weighted by Gasteiger charge is 2.01. The van der Waals surface area contributed by atoms with Crippen LogP contribution in [0, 0.1) is 0 Å². The zero-order chi connectivity index (χ0) is 5.86. The van der Waals surface area contributed by atoms with E-state index in [-0.39, 0.29) is 0 Å². The van der Waals surface area contributed by atoms with Crippen LogP contribution in [-0.4, -0.2) is 16.3 Å². The molecule has 0 aromatic rings. The van der Waals surface area contributed by atoms with E-state index in [2.05, 4.69) is 11.5 Å². The maximum absolute atomic E-state index is 9.55. The van der Waals surface area contributed by atoms with E-state index in [1.54, 1.807) is 0 Å². The van der Waals surface area contributed by atoms with Crippen LogP contribution in [0.3, 0.4) is 0 Å². The third kappa shape index (κ3) is 1.77. The lowest BCUT2D eigenvalue weighted by Crippen LogP contribution is -1.99. The van der Waals surface area contributed by atoms with Gasteiger partial charge in [0.05, 0.1) is 0 Å². The number of carboxylic acids is 1. The molecule has 0 aliphatic carbocycles. The Kier molecular flexibility index (Phi) is 1.87. The summed E-state index contributed by atoms with van der Waals surface area (Å²) in [7, 11) is 0. The first kappa shape index (κ1) is 5.97. The molecule has 0 fully saturated rings. The van der Waals surface area contributed by atoms with Crippen LogP contribution in [-0.2, 0) is 9.68 Å². The van der Waals surface area contributed by atoms with E-state index in [0.29, 0.717) is 0 Å². The zero-order valence-electron chi connectivity index (χ0n) is 3.42. The average Bonchev–Trinajstić information content (AvgIpc) is 1.65. The van der Waals surface area contributed by atoms with Crippen LogP contribution in [0.2, 0.25) is 0 Å². The van der Waals surface area contributed by atoms with Gasteiger partial charge < -0.3 is 9.99 Å². The first-order chi connectivity index (χ1) is 3.18. The predicted molar refractivity (Wildman–Crippen MR) is 20.5 cm³/mol. The monoisotopic (exact) mass is 104 g/mol. The Hall–Kier alpha value is -1.03. The summed E-state index contributed by atoms with van der Waals surface area (Å²) in [5.41, 5.74) is 0. The van der Waals surface area contributed by atoms with E-state index in [1.165, 1.54) is 0 Å². The van der Waals surface area contributed by atoms with Crippen LogP contribution in [0.5, 0.6) is 0 Å². The maximum atomic E-state index is 9.55. The fourth-order valence-corrected chi connectivity index (χ4v) is 0.0390. The minimum Gasteiger partial charge on any atom is -0.475 e. The Morgan fingerprint density at radius 1 is 1.71 bits per heavy atom. The summed E-state index contributed by atoms with van der Waals surface area (Å²) in [6, 6.07) is 0. The Morgan fingerprint density at radius 2 is 2.14 bits per heavy atom. The van der Waals surface area contributed by atoms with Gasteiger partial charge in [-0.1, -0.05) is 0 Å². The van der Waals surface area contributed by atoms with Crippen molar-refractivity contribution in [3.05, 3.63) is 12.3 Å². The SMILES string of the molecule is C=C(OO)C(=O)O. The Bertz CT molecular complexity index is 95.1. The lowest BCUT2D eigenvalue weighted by molar-refractivity contribution is -0.209. The molecule has 0 heterocycles. The molecular weight excluding hydrogens is 100 g/mol. The molecule has 0 unspecified atom stereocenters. The van der Waals surface area contributed by atoms with Crippen LogP contribution in [0.4, 0.5) is 0 Å². The molecule has 0 saturated carbocycles. The number of aliphatic carboxylic acids is 1. The maximum Gasteiger partial charge on any atom is 0.374 e. The van der Waals surface area contributed by atoms with Gasteiger partial charge in [0.1, 0.15) is 0 Å². The minimum absolute atomic E-state index is 0.681. The van der Waals surface area contributed by atoms with Gasteiger partial charge >= 0.3 is 5.97 Å². The molecule has 0 spiro atoms. The first-order valence-electron chi connectivity index (χ1n) is 1.42. The van der Waals surface area contributed by atoms with Crippen molar-refractivity contribution in [1.82, 2.24) is 0 Å². The van der Waals surface area contributed by atoms with Gasteiger partial charge in [-0.2, -0.15) is 0 Å². The predicted octanol–water partition coefficient (Wildman–Crippen LogP) is 0.0743. The third-order valence-corrected chi connectivity index (χ3v) is 0.349. The van der Waals surface area contributed by atoms with Gasteiger partial charge in [0, 0.05) is 0 Å². The topological polar surface area (TPSA) is 66.8 Å². The third-order valence-electron chi connectivity index (χ3n) is 0.349. The number of hydrogen-bond acceptors (Lipinski definition) is 3. The highest BCUT2D eigenvalue weighted by Crippen LogP contribution is 1.85. The quantitative estimate of drug-likeness (QED) is 0.225. The van der Waals surface area contributed by atoms with Gasteiger partial charge in [-0.3, -0.25) is 0 Å². The van der Waals surface area contributed by atoms with Crippen LogP contribution in [0.1, 0.15) is 0 Å². The molecule has 4 nitrogen and oxygen atoms in total. The molecule has 0 radical (unpaired) electrons. The summed E-state index contributed by atoms with van der Waals surface area (Å²) >= 11 is 0. The van der Waals surface area contributed by atoms with Crippen molar-refractivity contribution < 1.29 is 20.0 Å². The lowest BCUT2D eigenvalue weighted by Gasteiger charge is -1.88. The van der Waals surface area contributed by atoms with Crippen molar-refractivity contribution in [3.63, 3.8) is 0 Å². The molecule has 0 aliphatic heterocycles. The highest BCUT2D eigenvalue weighted by atomic mass is 17.1. The van der Waals surface area contributed by atoms with E-state index < -0.39 is 11.7 Å². The van der Waals surface area contributed by atoms with Crippen molar-refractivity contribution in [3.8, 4) is 0 Å². The highest BCUT2D eigenvalue weighted by molar-refractivity contribution is 5.83. The van der Waals surface area contributed by atoms with Crippen LogP contribution in [0.25, 0.3) is 0 Å². The van der Waals surface area contributed by atoms with E-state index in [4.69, 9.17) is 10.4 Å². The summed E-state index contributed by atoms with van der Waals surface area (Å²) in [5.74, 6) is -2.05. The van der Waals surface area contributed by atoms with Gasteiger partial charge in [0.25, 0.3) is 0 Å². The van der Waals surface area contributed by atoms with E-state index in [0.717, 1.165) is 0 Å². The van der Waals surface area contributed by atoms with Crippen molar-refractivity contribution in [1.29, 1.82) is 0 Å². The lowest BCUT2D eigenvalue weighted by atomic mass is 10.6. The minimum atomic E-state index is -1.37. The number of hydrogen-bond donors (Lipinski definition) is 2. The smallest absolute Gasteiger partial charge is 0.374 e.